The van der Waals surface area contributed by atoms with Crippen molar-refractivity contribution in [1.82, 2.24) is 5.32 Å². The third-order valence-electron chi connectivity index (χ3n) is 10.00. The maximum Gasteiger partial charge on any atom is 0.310 e. The number of hydrogen-bond donors (Lipinski definition) is 2. The van der Waals surface area contributed by atoms with Crippen LogP contribution in [-0.4, -0.2) is 74.7 Å². The van der Waals surface area contributed by atoms with Gasteiger partial charge in [0.05, 0.1) is 51.7 Å². The highest BCUT2D eigenvalue weighted by Gasteiger charge is 2.48. The zero-order valence-electron chi connectivity index (χ0n) is 30.8. The van der Waals surface area contributed by atoms with Crippen LogP contribution in [-0.2, 0) is 41.5 Å². The van der Waals surface area contributed by atoms with Crippen molar-refractivity contribution in [3.8, 4) is 23.0 Å². The van der Waals surface area contributed by atoms with Gasteiger partial charge in [-0.1, -0.05) is 37.5 Å². The molecule has 0 spiro atoms. The van der Waals surface area contributed by atoms with E-state index >= 15 is 0 Å². The highest BCUT2D eigenvalue weighted by atomic mass is 16.7. The first-order chi connectivity index (χ1) is 26.3. The van der Waals surface area contributed by atoms with E-state index in [0.717, 1.165) is 32.1 Å². The van der Waals surface area contributed by atoms with Gasteiger partial charge in [0, 0.05) is 30.2 Å². The molecule has 1 fully saturated rings. The van der Waals surface area contributed by atoms with Gasteiger partial charge in [0.1, 0.15) is 17.6 Å². The molecule has 3 aromatic carbocycles. The van der Waals surface area contributed by atoms with E-state index in [1.807, 2.05) is 0 Å². The van der Waals surface area contributed by atoms with Gasteiger partial charge in [0.2, 0.25) is 18.6 Å². The predicted octanol–water partition coefficient (Wildman–Crippen LogP) is 4.99. The standard InChI is InChI=1S/C41H48N2O11/c1-3-50-37(46)24-33-40(54-38(47)22-27-12-17-34-35(20-27)53-25-52-34)39(42-41(48)28-8-5-4-6-9-28)31-23-30(51-19-7-18-44)15-16-32(31)43(33)36(45)21-26-10-13-29(49-2)14-11-26/h10-17,20,23,28,33,39-40,44H,3-9,18-19,21-22,24-25H2,1-2H3,(H,42,48)/t33-,39-,40-/m0/s1. The summed E-state index contributed by atoms with van der Waals surface area (Å²) in [5.41, 5.74) is 2.24. The van der Waals surface area contributed by atoms with Crippen LogP contribution in [0.4, 0.5) is 5.69 Å². The zero-order valence-corrected chi connectivity index (χ0v) is 30.8. The molecule has 0 radical (unpaired) electrons. The maximum atomic E-state index is 14.6. The van der Waals surface area contributed by atoms with E-state index in [1.165, 1.54) is 4.90 Å². The number of benzene rings is 3. The molecule has 2 aliphatic heterocycles. The molecular weight excluding hydrogens is 696 g/mol. The summed E-state index contributed by atoms with van der Waals surface area (Å²) in [5.74, 6) is 0.130. The number of nitrogens with one attached hydrogen (secondary N) is 1. The van der Waals surface area contributed by atoms with Crippen molar-refractivity contribution in [2.75, 3.05) is 38.6 Å². The van der Waals surface area contributed by atoms with Crippen molar-refractivity contribution in [2.24, 2.45) is 5.92 Å². The van der Waals surface area contributed by atoms with Crippen LogP contribution in [0, 0.1) is 5.92 Å². The number of carbonyl (C=O) groups excluding carboxylic acids is 4. The Morgan fingerprint density at radius 1 is 0.870 bits per heavy atom. The van der Waals surface area contributed by atoms with Gasteiger partial charge >= 0.3 is 11.9 Å². The molecule has 13 nitrogen and oxygen atoms in total. The summed E-state index contributed by atoms with van der Waals surface area (Å²) in [7, 11) is 1.56. The van der Waals surface area contributed by atoms with Crippen molar-refractivity contribution >= 4 is 29.4 Å². The van der Waals surface area contributed by atoms with Crippen LogP contribution in [0.1, 0.15) is 74.6 Å². The summed E-state index contributed by atoms with van der Waals surface area (Å²) in [4.78, 5) is 57.4. The Morgan fingerprint density at radius 3 is 2.35 bits per heavy atom. The van der Waals surface area contributed by atoms with Crippen molar-refractivity contribution in [3.63, 3.8) is 0 Å². The van der Waals surface area contributed by atoms with Gasteiger partial charge in [-0.05, 0) is 73.4 Å². The number of rotatable bonds is 15. The second-order valence-corrected chi connectivity index (χ2v) is 13.7. The molecule has 2 amide bonds. The normalized spacial score (nSPS) is 19.0. The number of aliphatic hydroxyl groups is 1. The number of carbonyl (C=O) groups is 4. The number of anilines is 1. The Labute approximate surface area is 314 Å². The largest absolute Gasteiger partial charge is 0.497 e. The summed E-state index contributed by atoms with van der Waals surface area (Å²) < 4.78 is 33.9. The lowest BCUT2D eigenvalue weighted by molar-refractivity contribution is -0.156. The minimum Gasteiger partial charge on any atom is -0.497 e. The van der Waals surface area contributed by atoms with E-state index in [0.29, 0.717) is 51.8 Å². The lowest BCUT2D eigenvalue weighted by Gasteiger charge is -2.46. The van der Waals surface area contributed by atoms with E-state index in [4.69, 9.17) is 28.4 Å². The van der Waals surface area contributed by atoms with Crippen LogP contribution in [0.25, 0.3) is 0 Å². The number of fused-ring (bicyclic) bond motifs is 2. The first-order valence-corrected chi connectivity index (χ1v) is 18.6. The van der Waals surface area contributed by atoms with Crippen LogP contribution >= 0.6 is 0 Å². The molecule has 1 aliphatic carbocycles. The monoisotopic (exact) mass is 744 g/mol. The van der Waals surface area contributed by atoms with Gasteiger partial charge in [-0.2, -0.15) is 0 Å². The Morgan fingerprint density at radius 2 is 1.61 bits per heavy atom. The highest BCUT2D eigenvalue weighted by Crippen LogP contribution is 2.43. The number of nitrogens with zero attached hydrogens (tertiary/aromatic N) is 1. The van der Waals surface area contributed by atoms with Gasteiger partial charge in [-0.25, -0.2) is 0 Å². The number of ether oxygens (including phenoxy) is 6. The molecule has 6 rings (SSSR count). The van der Waals surface area contributed by atoms with Crippen molar-refractivity contribution in [3.05, 3.63) is 77.4 Å². The zero-order chi connectivity index (χ0) is 38.0. The minimum absolute atomic E-state index is 0.0471. The van der Waals surface area contributed by atoms with Gasteiger partial charge in [-0.15, -0.1) is 0 Å². The summed E-state index contributed by atoms with van der Waals surface area (Å²) in [5, 5.41) is 12.6. The Hall–Kier alpha value is -5.30. The second kappa shape index (κ2) is 18.2. The summed E-state index contributed by atoms with van der Waals surface area (Å²) in [6.45, 7) is 2.04. The van der Waals surface area contributed by atoms with Crippen molar-refractivity contribution in [1.29, 1.82) is 0 Å². The molecule has 3 aromatic rings. The number of hydrogen-bond acceptors (Lipinski definition) is 11. The van der Waals surface area contributed by atoms with Crippen molar-refractivity contribution in [2.45, 2.75) is 82.9 Å². The van der Waals surface area contributed by atoms with Crippen LogP contribution in [0.3, 0.4) is 0 Å². The molecule has 0 saturated heterocycles. The fourth-order valence-electron chi connectivity index (χ4n) is 7.34. The molecule has 3 atom stereocenters. The molecule has 2 heterocycles. The molecule has 288 valence electrons. The van der Waals surface area contributed by atoms with Crippen LogP contribution in [0.5, 0.6) is 23.0 Å². The van der Waals surface area contributed by atoms with Gasteiger partial charge < -0.3 is 43.7 Å². The topological polar surface area (TPSA) is 159 Å². The third kappa shape index (κ3) is 9.25. The molecule has 0 bridgehead atoms. The fourth-order valence-corrected chi connectivity index (χ4v) is 7.34. The van der Waals surface area contributed by atoms with Crippen LogP contribution < -0.4 is 29.2 Å². The predicted molar refractivity (Wildman–Crippen MR) is 196 cm³/mol. The number of esters is 2. The highest BCUT2D eigenvalue weighted by molar-refractivity contribution is 5.98. The molecule has 0 unspecified atom stereocenters. The van der Waals surface area contributed by atoms with E-state index < -0.39 is 30.1 Å². The first kappa shape index (κ1) is 38.4. The van der Waals surface area contributed by atoms with E-state index in [-0.39, 0.29) is 63.6 Å². The average molecular weight is 745 g/mol. The first-order valence-electron chi connectivity index (χ1n) is 18.6. The quantitative estimate of drug-likeness (QED) is 0.160. The Bertz CT molecular complexity index is 1790. The lowest BCUT2D eigenvalue weighted by Crippen LogP contribution is -2.59. The molecule has 13 heteroatoms. The SMILES string of the molecule is CCOC(=O)C[C@H]1[C@H](OC(=O)Cc2ccc3c(c2)OCO3)[C@@H](NC(=O)C2CCCCC2)c2cc(OCCCO)ccc2N1C(=O)Cc1ccc(OC)cc1. The second-order valence-electron chi connectivity index (χ2n) is 13.7. The van der Waals surface area contributed by atoms with Crippen LogP contribution in [0.2, 0.25) is 0 Å². The number of methoxy groups -OCH3 is 1. The molecule has 3 aliphatic rings. The number of amides is 2. The Kier molecular flexibility index (Phi) is 12.9. The van der Waals surface area contributed by atoms with Gasteiger partial charge in [0.25, 0.3) is 0 Å². The molecular formula is C41H48N2O11. The van der Waals surface area contributed by atoms with E-state index in [1.54, 1.807) is 74.7 Å². The van der Waals surface area contributed by atoms with E-state index in [9.17, 15) is 24.3 Å². The Balaban J connectivity index is 1.43. The molecule has 0 aromatic heterocycles. The molecule has 54 heavy (non-hydrogen) atoms. The molecule has 1 saturated carbocycles. The number of aliphatic hydroxyl groups excluding tert-OH is 1. The molecule has 2 N–H and O–H groups in total. The fraction of sp³-hybridized carbons (Fsp3) is 0.463. The average Bonchev–Trinajstić information content (AvgIpc) is 3.65. The summed E-state index contributed by atoms with van der Waals surface area (Å²) in [6, 6.07) is 15.4. The third-order valence-corrected chi connectivity index (χ3v) is 10.00. The van der Waals surface area contributed by atoms with E-state index in [2.05, 4.69) is 5.32 Å². The smallest absolute Gasteiger partial charge is 0.310 e. The lowest BCUT2D eigenvalue weighted by atomic mass is 9.84. The summed E-state index contributed by atoms with van der Waals surface area (Å²) in [6.07, 6.45) is 3.03. The van der Waals surface area contributed by atoms with Crippen LogP contribution in [0.15, 0.2) is 60.7 Å². The van der Waals surface area contributed by atoms with Crippen molar-refractivity contribution < 1.29 is 52.7 Å². The summed E-state index contributed by atoms with van der Waals surface area (Å²) >= 11 is 0. The minimum atomic E-state index is -1.21. The van der Waals surface area contributed by atoms with Gasteiger partial charge in [-0.3, -0.25) is 19.2 Å². The van der Waals surface area contributed by atoms with Gasteiger partial charge in [0.15, 0.2) is 11.5 Å². The maximum absolute atomic E-state index is 14.6.